The molecule has 2 aliphatic heterocycles. The predicted molar refractivity (Wildman–Crippen MR) is 96.7 cm³/mol. The lowest BCUT2D eigenvalue weighted by molar-refractivity contribution is 0.0600. The molecule has 1 aromatic rings. The fraction of sp³-hybridized carbons (Fsp3) is 0.579. The lowest BCUT2D eigenvalue weighted by atomic mass is 9.87. The van der Waals surface area contributed by atoms with Crippen molar-refractivity contribution in [3.05, 3.63) is 35.4 Å². The van der Waals surface area contributed by atoms with Crippen molar-refractivity contribution < 1.29 is 14.3 Å². The van der Waals surface area contributed by atoms with Gasteiger partial charge in [0.25, 0.3) is 0 Å². The maximum Gasteiger partial charge on any atom is 0.337 e. The SMILES string of the molecule is CCNC(=NCc1ccc(C(=O)OC)cc1)N1CCC2(CCOC2)C1. The summed E-state index contributed by atoms with van der Waals surface area (Å²) >= 11 is 0. The molecule has 25 heavy (non-hydrogen) atoms. The van der Waals surface area contributed by atoms with E-state index in [1.54, 1.807) is 12.1 Å². The van der Waals surface area contributed by atoms with Crippen LogP contribution >= 0.6 is 0 Å². The van der Waals surface area contributed by atoms with Gasteiger partial charge in [0.1, 0.15) is 0 Å². The molecule has 1 N–H and O–H groups in total. The van der Waals surface area contributed by atoms with Crippen LogP contribution in [0.25, 0.3) is 0 Å². The summed E-state index contributed by atoms with van der Waals surface area (Å²) in [5, 5.41) is 3.40. The number of esters is 1. The number of guanidine groups is 1. The van der Waals surface area contributed by atoms with Crippen LogP contribution in [0.4, 0.5) is 0 Å². The predicted octanol–water partition coefficient (Wildman–Crippen LogP) is 2.05. The maximum absolute atomic E-state index is 11.5. The molecule has 0 bridgehead atoms. The molecule has 1 unspecified atom stereocenters. The Hall–Kier alpha value is -2.08. The third-order valence-electron chi connectivity index (χ3n) is 5.04. The minimum atomic E-state index is -0.315. The van der Waals surface area contributed by atoms with Crippen LogP contribution in [0.15, 0.2) is 29.3 Å². The van der Waals surface area contributed by atoms with Crippen LogP contribution in [0.5, 0.6) is 0 Å². The fourth-order valence-corrected chi connectivity index (χ4v) is 3.54. The van der Waals surface area contributed by atoms with Gasteiger partial charge in [0.05, 0.1) is 25.8 Å². The molecule has 2 aliphatic rings. The van der Waals surface area contributed by atoms with E-state index in [1.165, 1.54) is 13.5 Å². The Labute approximate surface area is 149 Å². The van der Waals surface area contributed by atoms with Crippen molar-refractivity contribution >= 4 is 11.9 Å². The first-order valence-electron chi connectivity index (χ1n) is 8.94. The third kappa shape index (κ3) is 4.12. The molecular formula is C19H27N3O3. The Morgan fingerprint density at radius 3 is 2.80 bits per heavy atom. The van der Waals surface area contributed by atoms with E-state index in [0.29, 0.717) is 17.5 Å². The highest BCUT2D eigenvalue weighted by molar-refractivity contribution is 5.89. The van der Waals surface area contributed by atoms with Crippen molar-refractivity contribution in [1.82, 2.24) is 10.2 Å². The van der Waals surface area contributed by atoms with E-state index in [2.05, 4.69) is 17.1 Å². The van der Waals surface area contributed by atoms with Gasteiger partial charge in [-0.1, -0.05) is 12.1 Å². The molecule has 2 heterocycles. The Morgan fingerprint density at radius 2 is 2.16 bits per heavy atom. The van der Waals surface area contributed by atoms with E-state index in [-0.39, 0.29) is 5.97 Å². The average Bonchev–Trinajstić information content (AvgIpc) is 3.28. The lowest BCUT2D eigenvalue weighted by Crippen LogP contribution is -2.41. The Morgan fingerprint density at radius 1 is 1.36 bits per heavy atom. The number of methoxy groups -OCH3 is 1. The highest BCUT2D eigenvalue weighted by Crippen LogP contribution is 2.38. The molecule has 0 radical (unpaired) electrons. The summed E-state index contributed by atoms with van der Waals surface area (Å²) in [5.41, 5.74) is 1.95. The molecule has 6 heteroatoms. The summed E-state index contributed by atoms with van der Waals surface area (Å²) in [5.74, 6) is 0.646. The van der Waals surface area contributed by atoms with E-state index >= 15 is 0 Å². The number of nitrogens with one attached hydrogen (secondary N) is 1. The van der Waals surface area contributed by atoms with E-state index in [9.17, 15) is 4.79 Å². The van der Waals surface area contributed by atoms with E-state index in [0.717, 1.165) is 50.8 Å². The fourth-order valence-electron chi connectivity index (χ4n) is 3.54. The zero-order valence-electron chi connectivity index (χ0n) is 15.1. The number of nitrogens with zero attached hydrogens (tertiary/aromatic N) is 2. The van der Waals surface area contributed by atoms with Gasteiger partial charge in [-0.05, 0) is 37.5 Å². The molecule has 6 nitrogen and oxygen atoms in total. The van der Waals surface area contributed by atoms with Crippen molar-refractivity contribution in [2.45, 2.75) is 26.3 Å². The average molecular weight is 345 g/mol. The zero-order valence-corrected chi connectivity index (χ0v) is 15.1. The van der Waals surface area contributed by atoms with Gasteiger partial charge in [-0.3, -0.25) is 0 Å². The van der Waals surface area contributed by atoms with E-state index in [4.69, 9.17) is 14.5 Å². The first-order chi connectivity index (χ1) is 12.2. The molecule has 2 saturated heterocycles. The van der Waals surface area contributed by atoms with Crippen molar-refractivity contribution in [3.63, 3.8) is 0 Å². The van der Waals surface area contributed by atoms with Crippen molar-refractivity contribution in [2.24, 2.45) is 10.4 Å². The second-order valence-electron chi connectivity index (χ2n) is 6.83. The smallest absolute Gasteiger partial charge is 0.337 e. The minimum Gasteiger partial charge on any atom is -0.465 e. The zero-order chi connectivity index (χ0) is 17.7. The topological polar surface area (TPSA) is 63.2 Å². The van der Waals surface area contributed by atoms with Crippen LogP contribution in [-0.4, -0.2) is 56.8 Å². The van der Waals surface area contributed by atoms with Gasteiger partial charge in [-0.15, -0.1) is 0 Å². The quantitative estimate of drug-likeness (QED) is 0.514. The first kappa shape index (κ1) is 17.7. The van der Waals surface area contributed by atoms with Crippen molar-refractivity contribution in [2.75, 3.05) is 40.0 Å². The van der Waals surface area contributed by atoms with Crippen LogP contribution in [0, 0.1) is 5.41 Å². The summed E-state index contributed by atoms with van der Waals surface area (Å²) in [7, 11) is 1.39. The first-order valence-corrected chi connectivity index (χ1v) is 8.94. The number of rotatable bonds is 4. The van der Waals surface area contributed by atoms with Gasteiger partial charge in [-0.25, -0.2) is 9.79 Å². The Balaban J connectivity index is 1.65. The van der Waals surface area contributed by atoms with Gasteiger partial charge in [0.2, 0.25) is 0 Å². The van der Waals surface area contributed by atoms with Crippen molar-refractivity contribution in [1.29, 1.82) is 0 Å². The molecule has 0 aromatic heterocycles. The normalized spacial score (nSPS) is 23.3. The van der Waals surface area contributed by atoms with Gasteiger partial charge in [0, 0.05) is 31.7 Å². The molecule has 0 amide bonds. The van der Waals surface area contributed by atoms with Crippen LogP contribution in [0.1, 0.15) is 35.7 Å². The highest BCUT2D eigenvalue weighted by atomic mass is 16.5. The molecule has 0 saturated carbocycles. The number of likely N-dealkylation sites (tertiary alicyclic amines) is 1. The summed E-state index contributed by atoms with van der Waals surface area (Å²) in [6, 6.07) is 7.42. The van der Waals surface area contributed by atoms with Crippen LogP contribution in [-0.2, 0) is 16.0 Å². The third-order valence-corrected chi connectivity index (χ3v) is 5.04. The molecule has 1 spiro atoms. The van der Waals surface area contributed by atoms with Crippen LogP contribution < -0.4 is 5.32 Å². The molecule has 1 atom stereocenters. The second kappa shape index (κ2) is 7.87. The summed E-state index contributed by atoms with van der Waals surface area (Å²) in [4.78, 5) is 18.6. The monoisotopic (exact) mass is 345 g/mol. The second-order valence-corrected chi connectivity index (χ2v) is 6.83. The van der Waals surface area contributed by atoms with E-state index in [1.807, 2.05) is 12.1 Å². The number of carbonyl (C=O) groups is 1. The largest absolute Gasteiger partial charge is 0.465 e. The number of ether oxygens (including phenoxy) is 2. The Kier molecular flexibility index (Phi) is 5.58. The van der Waals surface area contributed by atoms with Gasteiger partial charge < -0.3 is 19.7 Å². The number of benzene rings is 1. The lowest BCUT2D eigenvalue weighted by Gasteiger charge is -2.25. The molecule has 3 rings (SSSR count). The highest BCUT2D eigenvalue weighted by Gasteiger charge is 2.42. The summed E-state index contributed by atoms with van der Waals surface area (Å²) < 4.78 is 10.3. The molecule has 1 aromatic carbocycles. The standard InChI is InChI=1S/C19H27N3O3/c1-3-20-18(22-10-8-19(13-22)9-11-25-14-19)21-12-15-4-6-16(7-5-15)17(23)24-2/h4-7H,3,8-14H2,1-2H3,(H,20,21). The molecule has 2 fully saturated rings. The number of hydrogen-bond donors (Lipinski definition) is 1. The molecule has 0 aliphatic carbocycles. The maximum atomic E-state index is 11.5. The summed E-state index contributed by atoms with van der Waals surface area (Å²) in [6.45, 7) is 7.32. The number of hydrogen-bond acceptors (Lipinski definition) is 4. The number of aliphatic imine (C=N–C) groups is 1. The van der Waals surface area contributed by atoms with Gasteiger partial charge in [-0.2, -0.15) is 0 Å². The Bertz CT molecular complexity index is 621. The minimum absolute atomic E-state index is 0.315. The summed E-state index contributed by atoms with van der Waals surface area (Å²) in [6.07, 6.45) is 2.32. The molecular weight excluding hydrogens is 318 g/mol. The van der Waals surface area contributed by atoms with E-state index < -0.39 is 0 Å². The van der Waals surface area contributed by atoms with Crippen LogP contribution in [0.3, 0.4) is 0 Å². The van der Waals surface area contributed by atoms with Crippen molar-refractivity contribution in [3.8, 4) is 0 Å². The molecule has 136 valence electrons. The number of carbonyl (C=O) groups excluding carboxylic acids is 1. The van der Waals surface area contributed by atoms with Gasteiger partial charge >= 0.3 is 5.97 Å². The van der Waals surface area contributed by atoms with Crippen LogP contribution in [0.2, 0.25) is 0 Å². The van der Waals surface area contributed by atoms with Gasteiger partial charge in [0.15, 0.2) is 5.96 Å².